The zero-order valence-electron chi connectivity index (χ0n) is 12.3. The molecule has 0 saturated carbocycles. The summed E-state index contributed by atoms with van der Waals surface area (Å²) < 4.78 is 4.71. The van der Waals surface area contributed by atoms with Crippen LogP contribution in [-0.2, 0) is 9.53 Å². The number of ether oxygens (including phenoxy) is 1. The molecule has 0 aromatic heterocycles. The van der Waals surface area contributed by atoms with Gasteiger partial charge < -0.3 is 20.1 Å². The highest BCUT2D eigenvalue weighted by atomic mass is 16.6. The van der Waals surface area contributed by atoms with Crippen molar-refractivity contribution in [3.05, 3.63) is 47.5 Å². The maximum Gasteiger partial charge on any atom is 0.336 e. The van der Waals surface area contributed by atoms with Gasteiger partial charge in [0.05, 0.1) is 23.8 Å². The lowest BCUT2D eigenvalue weighted by Gasteiger charge is -1.98. The molecule has 2 rings (SSSR count). The molecule has 0 radical (unpaired) electrons. The Balaban J connectivity index is 0.000000364. The molecule has 1 atom stereocenters. The van der Waals surface area contributed by atoms with Crippen molar-refractivity contribution >= 4 is 17.9 Å². The van der Waals surface area contributed by atoms with Crippen molar-refractivity contribution in [2.75, 3.05) is 6.61 Å². The van der Waals surface area contributed by atoms with Crippen LogP contribution in [0.3, 0.4) is 0 Å². The molecule has 1 aliphatic rings. The number of rotatable bonds is 3. The molecule has 1 heterocycles. The number of aromatic carboxylic acids is 2. The Kier molecular flexibility index (Phi) is 8.17. The summed E-state index contributed by atoms with van der Waals surface area (Å²) in [5, 5.41) is 25.0. The van der Waals surface area contributed by atoms with E-state index >= 15 is 0 Å². The Hall–Kier alpha value is -2.67. The largest absolute Gasteiger partial charge is 0.478 e. The molecular formula is C15H18O7. The predicted octanol–water partition coefficient (Wildman–Crippen LogP) is 2.14. The first-order valence-electron chi connectivity index (χ1n) is 6.22. The summed E-state index contributed by atoms with van der Waals surface area (Å²) in [5.74, 6) is -3.39. The summed E-state index contributed by atoms with van der Waals surface area (Å²) in [6.45, 7) is 7.64. The van der Waals surface area contributed by atoms with E-state index in [-0.39, 0.29) is 16.7 Å². The van der Waals surface area contributed by atoms with Gasteiger partial charge in [-0.3, -0.25) is 0 Å². The highest BCUT2D eigenvalue weighted by Gasteiger charge is 2.14. The monoisotopic (exact) mass is 310 g/mol. The van der Waals surface area contributed by atoms with Gasteiger partial charge in [-0.25, -0.2) is 14.4 Å². The van der Waals surface area contributed by atoms with Gasteiger partial charge >= 0.3 is 17.9 Å². The Morgan fingerprint density at radius 2 is 1.36 bits per heavy atom. The van der Waals surface area contributed by atoms with Crippen LogP contribution in [0.15, 0.2) is 36.4 Å². The minimum absolute atomic E-state index is 0.176. The van der Waals surface area contributed by atoms with Crippen molar-refractivity contribution < 1.29 is 34.4 Å². The summed E-state index contributed by atoms with van der Waals surface area (Å²) in [7, 11) is 0. The molecule has 1 aliphatic heterocycles. The first-order valence-corrected chi connectivity index (χ1v) is 6.22. The zero-order valence-corrected chi connectivity index (χ0v) is 12.3. The minimum Gasteiger partial charge on any atom is -0.478 e. The third-order valence-electron chi connectivity index (χ3n) is 2.25. The van der Waals surface area contributed by atoms with Crippen LogP contribution in [0.5, 0.6) is 0 Å². The summed E-state index contributed by atoms with van der Waals surface area (Å²) >= 11 is 0. The molecular weight excluding hydrogens is 292 g/mol. The van der Waals surface area contributed by atoms with Crippen LogP contribution in [0.25, 0.3) is 0 Å². The van der Waals surface area contributed by atoms with Crippen molar-refractivity contribution in [3.63, 3.8) is 0 Å². The number of epoxide rings is 1. The van der Waals surface area contributed by atoms with E-state index in [9.17, 15) is 14.4 Å². The van der Waals surface area contributed by atoms with Crippen molar-refractivity contribution in [2.24, 2.45) is 0 Å². The molecule has 7 heteroatoms. The van der Waals surface area contributed by atoms with E-state index in [0.29, 0.717) is 6.10 Å². The summed E-state index contributed by atoms with van der Waals surface area (Å²) in [6, 6.07) is 5.48. The fraction of sp³-hybridized carbons (Fsp3) is 0.267. The summed E-state index contributed by atoms with van der Waals surface area (Å²) in [5.41, 5.74) is -0.204. The lowest BCUT2D eigenvalue weighted by atomic mass is 10.1. The van der Waals surface area contributed by atoms with E-state index in [1.807, 2.05) is 0 Å². The first-order chi connectivity index (χ1) is 10.2. The average Bonchev–Trinajstić information content (AvgIpc) is 3.22. The molecule has 1 saturated heterocycles. The number of carbonyl (C=O) groups is 3. The number of benzene rings is 1. The third kappa shape index (κ3) is 8.49. The van der Waals surface area contributed by atoms with Gasteiger partial charge in [-0.1, -0.05) is 18.7 Å². The van der Waals surface area contributed by atoms with Crippen LogP contribution in [-0.4, -0.2) is 45.9 Å². The van der Waals surface area contributed by atoms with Crippen molar-refractivity contribution in [1.29, 1.82) is 0 Å². The van der Waals surface area contributed by atoms with Crippen LogP contribution in [0.2, 0.25) is 0 Å². The molecule has 1 unspecified atom stereocenters. The predicted molar refractivity (Wildman–Crippen MR) is 78.2 cm³/mol. The number of hydrogen-bond acceptors (Lipinski definition) is 4. The zero-order chi connectivity index (χ0) is 17.3. The molecule has 1 aromatic carbocycles. The third-order valence-corrected chi connectivity index (χ3v) is 2.25. The highest BCUT2D eigenvalue weighted by molar-refractivity contribution is 6.01. The normalized spacial score (nSPS) is 14.4. The van der Waals surface area contributed by atoms with Crippen LogP contribution >= 0.6 is 0 Å². The van der Waals surface area contributed by atoms with Crippen LogP contribution < -0.4 is 0 Å². The fourth-order valence-corrected chi connectivity index (χ4v) is 0.952. The second-order valence-electron chi connectivity index (χ2n) is 4.39. The van der Waals surface area contributed by atoms with Gasteiger partial charge in [-0.05, 0) is 26.0 Å². The van der Waals surface area contributed by atoms with Gasteiger partial charge in [0.25, 0.3) is 0 Å². The molecule has 3 N–H and O–H groups in total. The quantitative estimate of drug-likeness (QED) is 0.577. The smallest absolute Gasteiger partial charge is 0.336 e. The van der Waals surface area contributed by atoms with Gasteiger partial charge in [0.2, 0.25) is 0 Å². The van der Waals surface area contributed by atoms with Crippen LogP contribution in [0, 0.1) is 0 Å². The molecule has 0 bridgehead atoms. The Morgan fingerprint density at radius 3 is 1.50 bits per heavy atom. The van der Waals surface area contributed by atoms with E-state index in [2.05, 4.69) is 13.5 Å². The fourth-order valence-electron chi connectivity index (χ4n) is 0.952. The van der Waals surface area contributed by atoms with Crippen molar-refractivity contribution in [3.8, 4) is 0 Å². The SMILES string of the molecule is C=C(C)C(=O)O.CC1CO1.O=C(O)c1ccccc1C(=O)O. The van der Waals surface area contributed by atoms with E-state index in [0.717, 1.165) is 6.61 Å². The van der Waals surface area contributed by atoms with Crippen LogP contribution in [0.4, 0.5) is 0 Å². The average molecular weight is 310 g/mol. The standard InChI is InChI=1S/C8H6O4.C4H6O2.C3H6O/c9-7(10)5-3-1-2-4-6(5)8(11)12;1-3(2)4(5)6;1-3-2-4-3/h1-4H,(H,9,10)(H,11,12);1H2,2H3,(H,5,6);3H,2H2,1H3. The first kappa shape index (κ1) is 19.3. The molecule has 1 fully saturated rings. The second kappa shape index (κ2) is 9.30. The van der Waals surface area contributed by atoms with Crippen LogP contribution in [0.1, 0.15) is 34.6 Å². The molecule has 0 amide bonds. The van der Waals surface area contributed by atoms with Crippen molar-refractivity contribution in [1.82, 2.24) is 0 Å². The van der Waals surface area contributed by atoms with E-state index in [4.69, 9.17) is 20.1 Å². The van der Waals surface area contributed by atoms with E-state index in [1.165, 1.54) is 31.2 Å². The molecule has 7 nitrogen and oxygen atoms in total. The Bertz CT molecular complexity index is 514. The van der Waals surface area contributed by atoms with E-state index in [1.54, 1.807) is 0 Å². The molecule has 0 aliphatic carbocycles. The minimum atomic E-state index is -1.23. The maximum absolute atomic E-state index is 10.5. The number of hydrogen-bond donors (Lipinski definition) is 3. The van der Waals surface area contributed by atoms with Gasteiger partial charge in [-0.2, -0.15) is 0 Å². The number of carboxylic acid groups (broad SMARTS) is 3. The topological polar surface area (TPSA) is 124 Å². The van der Waals surface area contributed by atoms with Gasteiger partial charge in [0.1, 0.15) is 0 Å². The molecule has 22 heavy (non-hydrogen) atoms. The van der Waals surface area contributed by atoms with E-state index < -0.39 is 17.9 Å². The Morgan fingerprint density at radius 1 is 1.09 bits per heavy atom. The maximum atomic E-state index is 10.5. The van der Waals surface area contributed by atoms with Gasteiger partial charge in [0.15, 0.2) is 0 Å². The summed E-state index contributed by atoms with van der Waals surface area (Å²) in [4.78, 5) is 30.5. The molecule has 120 valence electrons. The van der Waals surface area contributed by atoms with Gasteiger partial charge in [0, 0.05) is 5.57 Å². The lowest BCUT2D eigenvalue weighted by molar-refractivity contribution is -0.132. The summed E-state index contributed by atoms with van der Waals surface area (Å²) in [6.07, 6.45) is 0.583. The number of carboxylic acids is 3. The van der Waals surface area contributed by atoms with Gasteiger partial charge in [-0.15, -0.1) is 0 Å². The van der Waals surface area contributed by atoms with Crippen molar-refractivity contribution in [2.45, 2.75) is 20.0 Å². The number of aliphatic carboxylic acids is 1. The second-order valence-corrected chi connectivity index (χ2v) is 4.39. The molecule has 0 spiro atoms. The lowest BCUT2D eigenvalue weighted by Crippen LogP contribution is -2.06. The Labute approximate surface area is 127 Å². The highest BCUT2D eigenvalue weighted by Crippen LogP contribution is 2.07. The molecule has 1 aromatic rings.